The van der Waals surface area contributed by atoms with Gasteiger partial charge in [0.05, 0.1) is 6.42 Å². The predicted molar refractivity (Wildman–Crippen MR) is 82.6 cm³/mol. The van der Waals surface area contributed by atoms with Crippen LogP contribution in [-0.2, 0) is 14.3 Å². The number of Topliss-reactive ketones (excluding diaryl/α,β-unsaturated/α-hetero) is 1. The summed E-state index contributed by atoms with van der Waals surface area (Å²) in [6, 6.07) is 7.80. The Kier molecular flexibility index (Phi) is 3.52. The molecule has 4 heteroatoms. The van der Waals surface area contributed by atoms with Crippen molar-refractivity contribution in [1.82, 2.24) is 0 Å². The number of benzene rings is 1. The molecule has 1 aliphatic heterocycles. The Balaban J connectivity index is 2.06. The van der Waals surface area contributed by atoms with Crippen LogP contribution in [0.5, 0.6) is 0 Å². The Morgan fingerprint density at radius 3 is 2.48 bits per heavy atom. The summed E-state index contributed by atoms with van der Waals surface area (Å²) in [5.41, 5.74) is 1.56. The number of ketones is 1. The molecule has 1 atom stereocenters. The lowest BCUT2D eigenvalue weighted by Gasteiger charge is -2.36. The Morgan fingerprint density at radius 2 is 1.81 bits per heavy atom. The molecule has 0 radical (unpaired) electrons. The number of rotatable bonds is 1. The van der Waals surface area contributed by atoms with Crippen molar-refractivity contribution >= 4 is 27.7 Å². The number of esters is 1. The van der Waals surface area contributed by atoms with E-state index < -0.39 is 0 Å². The average molecular weight is 349 g/mol. The summed E-state index contributed by atoms with van der Waals surface area (Å²) in [7, 11) is 0. The Hall–Kier alpha value is -1.42. The zero-order chi connectivity index (χ0) is 15.2. The molecular formula is C17H17BrO3. The smallest absolute Gasteiger partial charge is 0.311 e. The van der Waals surface area contributed by atoms with E-state index in [1.165, 1.54) is 0 Å². The summed E-state index contributed by atoms with van der Waals surface area (Å²) in [5.74, 6) is 0.284. The van der Waals surface area contributed by atoms with Crippen molar-refractivity contribution in [2.24, 2.45) is 5.41 Å². The fraction of sp³-hybridized carbons (Fsp3) is 0.412. The van der Waals surface area contributed by atoms with Crippen molar-refractivity contribution in [2.45, 2.75) is 39.0 Å². The van der Waals surface area contributed by atoms with Gasteiger partial charge in [-0.1, -0.05) is 41.9 Å². The molecule has 1 aromatic carbocycles. The fourth-order valence-corrected chi connectivity index (χ4v) is 3.45. The van der Waals surface area contributed by atoms with Crippen LogP contribution in [0, 0.1) is 5.41 Å². The molecule has 1 aromatic rings. The van der Waals surface area contributed by atoms with Gasteiger partial charge in [-0.2, -0.15) is 0 Å². The fourth-order valence-electron chi connectivity index (χ4n) is 3.18. The van der Waals surface area contributed by atoms with Crippen molar-refractivity contribution in [3.05, 3.63) is 45.6 Å². The highest BCUT2D eigenvalue weighted by molar-refractivity contribution is 9.10. The first-order valence-electron chi connectivity index (χ1n) is 7.08. The van der Waals surface area contributed by atoms with E-state index in [1.807, 2.05) is 38.1 Å². The van der Waals surface area contributed by atoms with E-state index in [0.717, 1.165) is 10.0 Å². The lowest BCUT2D eigenvalue weighted by molar-refractivity contribution is -0.142. The Bertz CT molecular complexity index is 641. The van der Waals surface area contributed by atoms with Gasteiger partial charge in [-0.05, 0) is 23.1 Å². The molecule has 0 fully saturated rings. The van der Waals surface area contributed by atoms with E-state index in [2.05, 4.69) is 15.9 Å². The van der Waals surface area contributed by atoms with Crippen LogP contribution in [0.25, 0.3) is 0 Å². The zero-order valence-corrected chi connectivity index (χ0v) is 13.7. The first-order chi connectivity index (χ1) is 9.85. The second-order valence-electron chi connectivity index (χ2n) is 6.56. The number of hydrogen-bond acceptors (Lipinski definition) is 3. The second-order valence-corrected chi connectivity index (χ2v) is 7.48. The molecule has 110 valence electrons. The lowest BCUT2D eigenvalue weighted by Crippen LogP contribution is -2.33. The van der Waals surface area contributed by atoms with E-state index in [0.29, 0.717) is 24.2 Å². The highest BCUT2D eigenvalue weighted by Crippen LogP contribution is 2.45. The van der Waals surface area contributed by atoms with Crippen LogP contribution >= 0.6 is 15.9 Å². The maximum atomic E-state index is 12.5. The van der Waals surface area contributed by atoms with E-state index in [-0.39, 0.29) is 29.5 Å². The van der Waals surface area contributed by atoms with Gasteiger partial charge in [-0.25, -0.2) is 0 Å². The topological polar surface area (TPSA) is 43.4 Å². The second kappa shape index (κ2) is 5.09. The number of carbonyl (C=O) groups excluding carboxylic acids is 2. The quantitative estimate of drug-likeness (QED) is 0.717. The highest BCUT2D eigenvalue weighted by Gasteiger charge is 2.41. The van der Waals surface area contributed by atoms with E-state index in [4.69, 9.17) is 4.74 Å². The molecule has 0 saturated heterocycles. The van der Waals surface area contributed by atoms with Gasteiger partial charge in [0.15, 0.2) is 5.78 Å². The first-order valence-corrected chi connectivity index (χ1v) is 7.87. The van der Waals surface area contributed by atoms with Gasteiger partial charge >= 0.3 is 5.97 Å². The summed E-state index contributed by atoms with van der Waals surface area (Å²) in [4.78, 5) is 24.5. The van der Waals surface area contributed by atoms with Crippen molar-refractivity contribution in [1.29, 1.82) is 0 Å². The minimum atomic E-state index is -0.243. The summed E-state index contributed by atoms with van der Waals surface area (Å²) < 4.78 is 6.36. The molecule has 2 aliphatic rings. The zero-order valence-electron chi connectivity index (χ0n) is 12.1. The molecule has 0 bridgehead atoms. The number of halogens is 1. The molecule has 0 amide bonds. The average Bonchev–Trinajstić information content (AvgIpc) is 2.36. The van der Waals surface area contributed by atoms with Crippen LogP contribution in [0.1, 0.15) is 44.6 Å². The van der Waals surface area contributed by atoms with Gasteiger partial charge in [0.25, 0.3) is 0 Å². The third-order valence-corrected chi connectivity index (χ3v) is 4.64. The predicted octanol–water partition coefficient (Wildman–Crippen LogP) is 4.12. The summed E-state index contributed by atoms with van der Waals surface area (Å²) in [5, 5.41) is 0. The van der Waals surface area contributed by atoms with Crippen molar-refractivity contribution in [2.75, 3.05) is 0 Å². The van der Waals surface area contributed by atoms with Crippen LogP contribution in [0.3, 0.4) is 0 Å². The summed E-state index contributed by atoms with van der Waals surface area (Å²) in [6.07, 6.45) is 1.40. The van der Waals surface area contributed by atoms with Crippen LogP contribution < -0.4 is 0 Å². The number of ether oxygens (including phenoxy) is 1. The minimum absolute atomic E-state index is 0.113. The van der Waals surface area contributed by atoms with E-state index >= 15 is 0 Å². The van der Waals surface area contributed by atoms with E-state index in [1.54, 1.807) is 0 Å². The normalized spacial score (nSPS) is 24.6. The monoisotopic (exact) mass is 348 g/mol. The third-order valence-electron chi connectivity index (χ3n) is 4.11. The molecule has 0 aromatic heterocycles. The summed E-state index contributed by atoms with van der Waals surface area (Å²) >= 11 is 3.41. The SMILES string of the molecule is CC1(C)CC(=O)C2=C(C1)OC(=O)C[C@@H]2c1ccc(Br)cc1. The molecule has 0 N–H and O–H groups in total. The van der Waals surface area contributed by atoms with Crippen molar-refractivity contribution < 1.29 is 14.3 Å². The molecule has 0 unspecified atom stereocenters. The molecular weight excluding hydrogens is 332 g/mol. The Labute approximate surface area is 132 Å². The lowest BCUT2D eigenvalue weighted by atomic mass is 9.71. The van der Waals surface area contributed by atoms with Crippen molar-refractivity contribution in [3.8, 4) is 0 Å². The molecule has 3 rings (SSSR count). The van der Waals surface area contributed by atoms with E-state index in [9.17, 15) is 9.59 Å². The van der Waals surface area contributed by atoms with Gasteiger partial charge in [-0.15, -0.1) is 0 Å². The molecule has 1 aliphatic carbocycles. The standard InChI is InChI=1S/C17H17BrO3/c1-17(2)8-13(19)16-12(7-15(20)21-14(16)9-17)10-3-5-11(18)6-4-10/h3-6,12H,7-9H2,1-2H3/t12-/m1/s1. The first kappa shape index (κ1) is 14.5. The van der Waals surface area contributed by atoms with Crippen LogP contribution in [0.4, 0.5) is 0 Å². The number of hydrogen-bond donors (Lipinski definition) is 0. The Morgan fingerprint density at radius 1 is 1.14 bits per heavy atom. The van der Waals surface area contributed by atoms with Crippen LogP contribution in [0.15, 0.2) is 40.1 Å². The number of carbonyl (C=O) groups is 2. The highest BCUT2D eigenvalue weighted by atomic mass is 79.9. The molecule has 1 heterocycles. The largest absolute Gasteiger partial charge is 0.431 e. The molecule has 3 nitrogen and oxygen atoms in total. The van der Waals surface area contributed by atoms with Crippen molar-refractivity contribution in [3.63, 3.8) is 0 Å². The van der Waals surface area contributed by atoms with Gasteiger partial charge in [0.1, 0.15) is 5.76 Å². The van der Waals surface area contributed by atoms with Crippen LogP contribution in [-0.4, -0.2) is 11.8 Å². The maximum absolute atomic E-state index is 12.5. The third kappa shape index (κ3) is 2.82. The maximum Gasteiger partial charge on any atom is 0.311 e. The van der Waals surface area contributed by atoms with Gasteiger partial charge in [0.2, 0.25) is 0 Å². The summed E-state index contributed by atoms with van der Waals surface area (Å²) in [6.45, 7) is 4.07. The molecule has 21 heavy (non-hydrogen) atoms. The van der Waals surface area contributed by atoms with Gasteiger partial charge < -0.3 is 4.74 Å². The van der Waals surface area contributed by atoms with Gasteiger partial charge in [0, 0.05) is 28.8 Å². The molecule has 0 saturated carbocycles. The van der Waals surface area contributed by atoms with Crippen LogP contribution in [0.2, 0.25) is 0 Å². The molecule has 0 spiro atoms. The van der Waals surface area contributed by atoms with Gasteiger partial charge in [-0.3, -0.25) is 9.59 Å². The minimum Gasteiger partial charge on any atom is -0.431 e. The number of allylic oxidation sites excluding steroid dienone is 2.